The van der Waals surface area contributed by atoms with Crippen molar-refractivity contribution in [2.75, 3.05) is 34.4 Å². The first-order valence-electron chi connectivity index (χ1n) is 12.4. The Morgan fingerprint density at radius 2 is 1.54 bits per heavy atom. The molecule has 1 aliphatic heterocycles. The molecule has 7 nitrogen and oxygen atoms in total. The summed E-state index contributed by atoms with van der Waals surface area (Å²) in [7, 11) is 4.82. The van der Waals surface area contributed by atoms with Gasteiger partial charge in [0.1, 0.15) is 17.2 Å². The molecule has 0 aliphatic carbocycles. The quantitative estimate of drug-likeness (QED) is 0.476. The molecule has 4 rings (SSSR count). The van der Waals surface area contributed by atoms with Crippen molar-refractivity contribution in [3.8, 4) is 17.2 Å². The summed E-state index contributed by atoms with van der Waals surface area (Å²) in [6.07, 6.45) is 1.40. The van der Waals surface area contributed by atoms with Crippen molar-refractivity contribution in [3.63, 3.8) is 0 Å². The van der Waals surface area contributed by atoms with E-state index in [-0.39, 0.29) is 11.8 Å². The standard InChI is InChI=1S/C30H34N2O5/c1-35-25-11-7-8-22(18-25)19-28(33)32-16-14-30(15-17-32,24-9-5-4-6-10-24)29(34)31-21-23-12-13-26(36-2)20-27(23)37-3/h4-13,18,20H,14-17,19,21H2,1-3H3,(H,31,34). The lowest BCUT2D eigenvalue weighted by Crippen LogP contribution is -2.53. The Balaban J connectivity index is 1.47. The van der Waals surface area contributed by atoms with Crippen LogP contribution in [0.25, 0.3) is 0 Å². The lowest BCUT2D eigenvalue weighted by atomic mass is 9.72. The molecule has 0 atom stereocenters. The molecule has 194 valence electrons. The summed E-state index contributed by atoms with van der Waals surface area (Å²) in [5, 5.41) is 3.14. The molecule has 1 aliphatic rings. The van der Waals surface area contributed by atoms with E-state index in [1.807, 2.05) is 71.6 Å². The maximum Gasteiger partial charge on any atom is 0.231 e. The number of benzene rings is 3. The molecule has 0 saturated carbocycles. The molecule has 0 spiro atoms. The number of rotatable bonds is 9. The first kappa shape index (κ1) is 26.1. The Morgan fingerprint density at radius 1 is 0.838 bits per heavy atom. The molecular weight excluding hydrogens is 468 g/mol. The number of amides is 2. The average molecular weight is 503 g/mol. The molecule has 0 bridgehead atoms. The largest absolute Gasteiger partial charge is 0.497 e. The number of piperidine rings is 1. The van der Waals surface area contributed by atoms with Crippen molar-refractivity contribution in [1.82, 2.24) is 10.2 Å². The van der Waals surface area contributed by atoms with E-state index in [9.17, 15) is 9.59 Å². The van der Waals surface area contributed by atoms with Crippen LogP contribution >= 0.6 is 0 Å². The minimum absolute atomic E-state index is 0.0449. The lowest BCUT2D eigenvalue weighted by molar-refractivity contribution is -0.136. The van der Waals surface area contributed by atoms with Gasteiger partial charge in [-0.05, 0) is 48.2 Å². The van der Waals surface area contributed by atoms with Gasteiger partial charge in [-0.3, -0.25) is 9.59 Å². The summed E-state index contributed by atoms with van der Waals surface area (Å²) in [6, 6.07) is 23.0. The molecule has 3 aromatic rings. The van der Waals surface area contributed by atoms with Gasteiger partial charge < -0.3 is 24.4 Å². The number of methoxy groups -OCH3 is 3. The normalized spacial score (nSPS) is 14.5. The van der Waals surface area contributed by atoms with E-state index in [2.05, 4.69) is 5.32 Å². The Labute approximate surface area is 218 Å². The summed E-state index contributed by atoms with van der Waals surface area (Å²) in [6.45, 7) is 1.35. The van der Waals surface area contributed by atoms with Gasteiger partial charge in [0.15, 0.2) is 0 Å². The molecular formula is C30H34N2O5. The first-order valence-corrected chi connectivity index (χ1v) is 12.4. The molecule has 0 radical (unpaired) electrons. The molecule has 0 aromatic heterocycles. The summed E-state index contributed by atoms with van der Waals surface area (Å²) in [4.78, 5) is 28.7. The number of carbonyl (C=O) groups excluding carboxylic acids is 2. The number of likely N-dealkylation sites (tertiary alicyclic amines) is 1. The predicted molar refractivity (Wildman–Crippen MR) is 142 cm³/mol. The van der Waals surface area contributed by atoms with E-state index < -0.39 is 5.41 Å². The van der Waals surface area contributed by atoms with Gasteiger partial charge in [0.05, 0.1) is 33.2 Å². The van der Waals surface area contributed by atoms with Crippen molar-refractivity contribution in [2.45, 2.75) is 31.2 Å². The van der Waals surface area contributed by atoms with E-state index in [0.29, 0.717) is 50.4 Å². The van der Waals surface area contributed by atoms with Crippen LogP contribution in [0.4, 0.5) is 0 Å². The van der Waals surface area contributed by atoms with Crippen LogP contribution in [-0.4, -0.2) is 51.1 Å². The summed E-state index contributed by atoms with van der Waals surface area (Å²) >= 11 is 0. The van der Waals surface area contributed by atoms with E-state index in [0.717, 1.165) is 22.4 Å². The van der Waals surface area contributed by atoms with Crippen molar-refractivity contribution >= 4 is 11.8 Å². The zero-order valence-corrected chi connectivity index (χ0v) is 21.7. The van der Waals surface area contributed by atoms with Gasteiger partial charge in [0.25, 0.3) is 0 Å². The highest BCUT2D eigenvalue weighted by atomic mass is 16.5. The number of hydrogen-bond acceptors (Lipinski definition) is 5. The van der Waals surface area contributed by atoms with Crippen LogP contribution in [0.5, 0.6) is 17.2 Å². The van der Waals surface area contributed by atoms with Crippen molar-refractivity contribution in [3.05, 3.63) is 89.5 Å². The fraction of sp³-hybridized carbons (Fsp3) is 0.333. The van der Waals surface area contributed by atoms with Gasteiger partial charge in [0, 0.05) is 31.3 Å². The third-order valence-corrected chi connectivity index (χ3v) is 7.15. The highest BCUT2D eigenvalue weighted by molar-refractivity contribution is 5.89. The Bertz CT molecular complexity index is 1220. The predicted octanol–water partition coefficient (Wildman–Crippen LogP) is 4.13. The number of hydrogen-bond donors (Lipinski definition) is 1. The zero-order valence-electron chi connectivity index (χ0n) is 21.7. The van der Waals surface area contributed by atoms with Gasteiger partial charge >= 0.3 is 0 Å². The van der Waals surface area contributed by atoms with Crippen LogP contribution in [0.2, 0.25) is 0 Å². The summed E-state index contributed by atoms with van der Waals surface area (Å²) in [5.74, 6) is 2.09. The number of nitrogens with one attached hydrogen (secondary N) is 1. The van der Waals surface area contributed by atoms with Crippen LogP contribution in [0.15, 0.2) is 72.8 Å². The molecule has 0 unspecified atom stereocenters. The molecule has 1 saturated heterocycles. The topological polar surface area (TPSA) is 77.1 Å². The van der Waals surface area contributed by atoms with E-state index in [4.69, 9.17) is 14.2 Å². The van der Waals surface area contributed by atoms with Gasteiger partial charge in [-0.15, -0.1) is 0 Å². The second kappa shape index (κ2) is 11.8. The molecule has 3 aromatic carbocycles. The average Bonchev–Trinajstić information content (AvgIpc) is 2.96. The van der Waals surface area contributed by atoms with Crippen molar-refractivity contribution in [2.24, 2.45) is 0 Å². The molecule has 7 heteroatoms. The second-order valence-electron chi connectivity index (χ2n) is 9.22. The molecule has 1 heterocycles. The molecule has 2 amide bonds. The minimum atomic E-state index is -0.715. The smallest absolute Gasteiger partial charge is 0.231 e. The summed E-state index contributed by atoms with van der Waals surface area (Å²) in [5.41, 5.74) is 2.03. The fourth-order valence-corrected chi connectivity index (χ4v) is 4.95. The minimum Gasteiger partial charge on any atom is -0.497 e. The van der Waals surface area contributed by atoms with E-state index in [1.165, 1.54) is 0 Å². The lowest BCUT2D eigenvalue weighted by Gasteiger charge is -2.41. The third kappa shape index (κ3) is 5.88. The highest BCUT2D eigenvalue weighted by Gasteiger charge is 2.43. The van der Waals surface area contributed by atoms with Crippen LogP contribution in [0.1, 0.15) is 29.5 Å². The van der Waals surface area contributed by atoms with Crippen LogP contribution in [-0.2, 0) is 28.0 Å². The molecule has 1 N–H and O–H groups in total. The van der Waals surface area contributed by atoms with Crippen molar-refractivity contribution < 1.29 is 23.8 Å². The van der Waals surface area contributed by atoms with Gasteiger partial charge in [-0.1, -0.05) is 42.5 Å². The Morgan fingerprint density at radius 3 is 2.22 bits per heavy atom. The highest BCUT2D eigenvalue weighted by Crippen LogP contribution is 2.36. The maximum absolute atomic E-state index is 13.8. The summed E-state index contributed by atoms with van der Waals surface area (Å²) < 4.78 is 16.1. The van der Waals surface area contributed by atoms with Crippen LogP contribution < -0.4 is 19.5 Å². The number of nitrogens with zero attached hydrogens (tertiary/aromatic N) is 1. The van der Waals surface area contributed by atoms with Gasteiger partial charge in [0.2, 0.25) is 11.8 Å². The zero-order chi connectivity index (χ0) is 26.3. The maximum atomic E-state index is 13.8. The SMILES string of the molecule is COc1cccc(CC(=O)N2CCC(C(=O)NCc3ccc(OC)cc3OC)(c3ccccc3)CC2)c1. The molecule has 37 heavy (non-hydrogen) atoms. The van der Waals surface area contributed by atoms with E-state index >= 15 is 0 Å². The van der Waals surface area contributed by atoms with Crippen molar-refractivity contribution in [1.29, 1.82) is 0 Å². The Hall–Kier alpha value is -4.00. The number of carbonyl (C=O) groups is 2. The van der Waals surface area contributed by atoms with E-state index in [1.54, 1.807) is 27.4 Å². The third-order valence-electron chi connectivity index (χ3n) is 7.15. The number of ether oxygens (including phenoxy) is 3. The Kier molecular flexibility index (Phi) is 8.33. The van der Waals surface area contributed by atoms with Gasteiger partial charge in [-0.2, -0.15) is 0 Å². The fourth-order valence-electron chi connectivity index (χ4n) is 4.95. The van der Waals surface area contributed by atoms with Gasteiger partial charge in [-0.25, -0.2) is 0 Å². The molecule has 1 fully saturated rings. The first-order chi connectivity index (χ1) is 18.0. The monoisotopic (exact) mass is 502 g/mol. The van der Waals surface area contributed by atoms with Crippen LogP contribution in [0.3, 0.4) is 0 Å². The second-order valence-corrected chi connectivity index (χ2v) is 9.22. The van der Waals surface area contributed by atoms with Crippen LogP contribution in [0, 0.1) is 0 Å².